The first kappa shape index (κ1) is 20.3. The van der Waals surface area contributed by atoms with Crippen molar-refractivity contribution in [2.24, 2.45) is 0 Å². The summed E-state index contributed by atoms with van der Waals surface area (Å²) in [6.07, 6.45) is 2.96. The Balaban J connectivity index is 1.27. The summed E-state index contributed by atoms with van der Waals surface area (Å²) in [5, 5.41) is 9.75. The van der Waals surface area contributed by atoms with E-state index >= 15 is 0 Å². The number of carbonyl (C=O) groups excluding carboxylic acids is 1. The molecule has 2 aromatic rings. The maximum atomic E-state index is 12.4. The highest BCUT2D eigenvalue weighted by Crippen LogP contribution is 2.35. The molecular formula is C24H29N3O4. The molecule has 0 aliphatic carbocycles. The SMILES string of the molecule is Cc1cc2c(nc1N1CCC(Oc3ccc4c(c3)CCOC4)CC1)C(CO)N(C)C2=O. The number of benzene rings is 1. The summed E-state index contributed by atoms with van der Waals surface area (Å²) in [6.45, 7) is 5.06. The lowest BCUT2D eigenvalue weighted by molar-refractivity contribution is 0.0715. The molecule has 3 aliphatic rings. The Morgan fingerprint density at radius 1 is 1.23 bits per heavy atom. The fourth-order valence-electron chi connectivity index (χ4n) is 4.88. The van der Waals surface area contributed by atoms with Gasteiger partial charge in [-0.3, -0.25) is 4.79 Å². The lowest BCUT2D eigenvalue weighted by atomic mass is 10.0. The average Bonchev–Trinajstić information content (AvgIpc) is 3.02. The van der Waals surface area contributed by atoms with Gasteiger partial charge >= 0.3 is 0 Å². The molecule has 1 saturated heterocycles. The third-order valence-electron chi connectivity index (χ3n) is 6.72. The van der Waals surface area contributed by atoms with Gasteiger partial charge < -0.3 is 24.4 Å². The molecule has 7 nitrogen and oxygen atoms in total. The zero-order valence-corrected chi connectivity index (χ0v) is 18.1. The number of aliphatic hydroxyl groups excluding tert-OH is 1. The molecule has 1 unspecified atom stereocenters. The molecule has 1 N–H and O–H groups in total. The second kappa shape index (κ2) is 8.13. The van der Waals surface area contributed by atoms with E-state index in [2.05, 4.69) is 23.1 Å². The summed E-state index contributed by atoms with van der Waals surface area (Å²) >= 11 is 0. The molecule has 0 radical (unpaired) electrons. The lowest BCUT2D eigenvalue weighted by Gasteiger charge is -2.34. The molecule has 1 aromatic heterocycles. The quantitative estimate of drug-likeness (QED) is 0.815. The second-order valence-electron chi connectivity index (χ2n) is 8.71. The van der Waals surface area contributed by atoms with E-state index in [1.165, 1.54) is 11.1 Å². The number of fused-ring (bicyclic) bond motifs is 2. The van der Waals surface area contributed by atoms with Crippen molar-refractivity contribution in [2.45, 2.75) is 44.9 Å². The lowest BCUT2D eigenvalue weighted by Crippen LogP contribution is -2.39. The molecule has 1 amide bonds. The molecule has 0 bridgehead atoms. The number of carbonyl (C=O) groups is 1. The van der Waals surface area contributed by atoms with Gasteiger partial charge in [-0.2, -0.15) is 0 Å². The molecular weight excluding hydrogens is 394 g/mol. The van der Waals surface area contributed by atoms with Gasteiger partial charge in [-0.15, -0.1) is 0 Å². The van der Waals surface area contributed by atoms with Crippen molar-refractivity contribution in [3.8, 4) is 5.75 Å². The van der Waals surface area contributed by atoms with Gasteiger partial charge in [0.15, 0.2) is 0 Å². The van der Waals surface area contributed by atoms with E-state index in [-0.39, 0.29) is 24.7 Å². The molecule has 0 saturated carbocycles. The Hall–Kier alpha value is -2.64. The number of aliphatic hydroxyl groups is 1. The average molecular weight is 424 g/mol. The van der Waals surface area contributed by atoms with Crippen molar-refractivity contribution in [1.29, 1.82) is 0 Å². The Morgan fingerprint density at radius 3 is 2.81 bits per heavy atom. The first-order valence-electron chi connectivity index (χ1n) is 11.1. The van der Waals surface area contributed by atoms with Crippen molar-refractivity contribution in [2.75, 3.05) is 38.3 Å². The van der Waals surface area contributed by atoms with Gasteiger partial charge in [0.2, 0.25) is 0 Å². The van der Waals surface area contributed by atoms with E-state index in [0.29, 0.717) is 17.9 Å². The molecule has 1 aromatic carbocycles. The first-order valence-corrected chi connectivity index (χ1v) is 11.1. The number of hydrogen-bond donors (Lipinski definition) is 1. The van der Waals surface area contributed by atoms with Crippen LogP contribution in [0.2, 0.25) is 0 Å². The molecule has 0 spiro atoms. The predicted molar refractivity (Wildman–Crippen MR) is 117 cm³/mol. The number of nitrogens with zero attached hydrogens (tertiary/aromatic N) is 3. The van der Waals surface area contributed by atoms with E-state index in [1.807, 2.05) is 13.0 Å². The number of pyridine rings is 1. The third kappa shape index (κ3) is 3.66. The maximum Gasteiger partial charge on any atom is 0.256 e. The Labute approximate surface area is 182 Å². The smallest absolute Gasteiger partial charge is 0.256 e. The van der Waals surface area contributed by atoms with Crippen molar-refractivity contribution in [3.05, 3.63) is 52.2 Å². The highest BCUT2D eigenvalue weighted by atomic mass is 16.5. The van der Waals surface area contributed by atoms with Gasteiger partial charge in [0, 0.05) is 33.0 Å². The van der Waals surface area contributed by atoms with Crippen LogP contribution in [0.1, 0.15) is 51.6 Å². The fraction of sp³-hybridized carbons (Fsp3) is 0.500. The standard InChI is InChI=1S/C24H29N3O4/c1-15-11-20-22(21(13-28)26(2)24(20)29)25-23(15)27-8-5-18(6-9-27)31-19-4-3-17-14-30-10-7-16(17)12-19/h3-4,11-12,18,21,28H,5-10,13-14H2,1-2H3. The fourth-order valence-corrected chi connectivity index (χ4v) is 4.88. The van der Waals surface area contributed by atoms with Crippen molar-refractivity contribution >= 4 is 11.7 Å². The summed E-state index contributed by atoms with van der Waals surface area (Å²) in [4.78, 5) is 21.1. The number of rotatable bonds is 4. The monoisotopic (exact) mass is 423 g/mol. The molecule has 4 heterocycles. The molecule has 7 heteroatoms. The molecule has 3 aliphatic heterocycles. The molecule has 1 fully saturated rings. The van der Waals surface area contributed by atoms with Crippen LogP contribution >= 0.6 is 0 Å². The van der Waals surface area contributed by atoms with Crippen molar-refractivity contribution in [1.82, 2.24) is 9.88 Å². The van der Waals surface area contributed by atoms with Gasteiger partial charge in [-0.1, -0.05) is 6.07 Å². The van der Waals surface area contributed by atoms with E-state index in [4.69, 9.17) is 14.5 Å². The van der Waals surface area contributed by atoms with Crippen LogP contribution in [0.3, 0.4) is 0 Å². The zero-order valence-electron chi connectivity index (χ0n) is 18.1. The van der Waals surface area contributed by atoms with Gasteiger partial charge in [0.25, 0.3) is 5.91 Å². The van der Waals surface area contributed by atoms with E-state index in [9.17, 15) is 9.90 Å². The van der Waals surface area contributed by atoms with E-state index in [0.717, 1.165) is 56.1 Å². The van der Waals surface area contributed by atoms with E-state index in [1.54, 1.807) is 11.9 Å². The Kier molecular flexibility index (Phi) is 5.32. The largest absolute Gasteiger partial charge is 0.490 e. The summed E-state index contributed by atoms with van der Waals surface area (Å²) < 4.78 is 11.8. The molecule has 5 rings (SSSR count). The number of ether oxygens (including phenoxy) is 2. The van der Waals surface area contributed by atoms with Crippen molar-refractivity contribution in [3.63, 3.8) is 0 Å². The number of aryl methyl sites for hydroxylation is 1. The number of anilines is 1. The second-order valence-corrected chi connectivity index (χ2v) is 8.71. The van der Waals surface area contributed by atoms with Crippen LogP contribution in [0.5, 0.6) is 5.75 Å². The number of piperidine rings is 1. The summed E-state index contributed by atoms with van der Waals surface area (Å²) in [5.41, 5.74) is 4.88. The topological polar surface area (TPSA) is 75.1 Å². The maximum absolute atomic E-state index is 12.4. The van der Waals surface area contributed by atoms with Gasteiger partial charge in [-0.25, -0.2) is 4.98 Å². The number of likely N-dealkylation sites (N-methyl/N-ethyl adjacent to an activating group) is 1. The van der Waals surface area contributed by atoms with Crippen LogP contribution in [0.4, 0.5) is 5.82 Å². The van der Waals surface area contributed by atoms with Gasteiger partial charge in [-0.05, 0) is 48.2 Å². The van der Waals surface area contributed by atoms with Crippen LogP contribution in [0.15, 0.2) is 24.3 Å². The zero-order chi connectivity index (χ0) is 21.5. The minimum Gasteiger partial charge on any atom is -0.490 e. The van der Waals surface area contributed by atoms with Crippen LogP contribution in [0.25, 0.3) is 0 Å². The predicted octanol–water partition coefficient (Wildman–Crippen LogP) is 2.63. The number of amides is 1. The van der Waals surface area contributed by atoms with Crippen LogP contribution in [0, 0.1) is 6.92 Å². The van der Waals surface area contributed by atoms with Crippen LogP contribution in [-0.2, 0) is 17.8 Å². The number of hydrogen-bond acceptors (Lipinski definition) is 6. The molecule has 31 heavy (non-hydrogen) atoms. The normalized spacial score (nSPS) is 21.3. The van der Waals surface area contributed by atoms with Gasteiger partial charge in [0.1, 0.15) is 17.7 Å². The summed E-state index contributed by atoms with van der Waals surface area (Å²) in [7, 11) is 1.72. The number of aromatic nitrogens is 1. The molecule has 1 atom stereocenters. The van der Waals surface area contributed by atoms with Gasteiger partial charge in [0.05, 0.1) is 37.1 Å². The van der Waals surface area contributed by atoms with Crippen LogP contribution < -0.4 is 9.64 Å². The Bertz CT molecular complexity index is 1000. The highest BCUT2D eigenvalue weighted by molar-refractivity contribution is 5.99. The Morgan fingerprint density at radius 2 is 2.03 bits per heavy atom. The van der Waals surface area contributed by atoms with Crippen molar-refractivity contribution < 1.29 is 19.4 Å². The minimum absolute atomic E-state index is 0.0695. The molecule has 164 valence electrons. The first-order chi connectivity index (χ1) is 15.0. The third-order valence-corrected chi connectivity index (χ3v) is 6.72. The van der Waals surface area contributed by atoms with E-state index < -0.39 is 0 Å². The minimum atomic E-state index is -0.364. The summed E-state index contributed by atoms with van der Waals surface area (Å²) in [5.74, 6) is 1.78. The summed E-state index contributed by atoms with van der Waals surface area (Å²) in [6, 6.07) is 7.89. The highest BCUT2D eigenvalue weighted by Gasteiger charge is 2.36. The van der Waals surface area contributed by atoms with Crippen LogP contribution in [-0.4, -0.2) is 60.4 Å².